The fourth-order valence-corrected chi connectivity index (χ4v) is 5.48. The molecule has 4 aliphatic rings. The van der Waals surface area contributed by atoms with Crippen LogP contribution in [0.4, 0.5) is 4.79 Å². The Morgan fingerprint density at radius 2 is 1.94 bits per heavy atom. The minimum atomic E-state index is -1.00. The SMILES string of the molecule is C#[N+][C@@]12c3cc4c(cc3C[C@H](OC(N)=O)[C@@H]1c1ccc3c(c1CN2C)OCO3)OCO4. The zero-order valence-electron chi connectivity index (χ0n) is 16.8. The predicted octanol–water partition coefficient (Wildman–Crippen LogP) is 2.51. The molecule has 0 aromatic heterocycles. The number of primary amides is 1. The van der Waals surface area contributed by atoms with Gasteiger partial charge in [0.15, 0.2) is 23.0 Å². The van der Waals surface area contributed by atoms with Crippen LogP contribution in [0.3, 0.4) is 0 Å². The topological polar surface area (TPSA) is 96.8 Å². The minimum Gasteiger partial charge on any atom is -0.454 e. The maximum absolute atomic E-state index is 11.8. The molecule has 2 aromatic carbocycles. The molecule has 0 unspecified atom stereocenters. The summed E-state index contributed by atoms with van der Waals surface area (Å²) in [4.78, 5) is 18.3. The van der Waals surface area contributed by atoms with E-state index in [0.717, 1.165) is 22.3 Å². The summed E-state index contributed by atoms with van der Waals surface area (Å²) in [6.07, 6.45) is -1.02. The summed E-state index contributed by atoms with van der Waals surface area (Å²) in [5.74, 6) is 2.26. The molecule has 1 amide bonds. The van der Waals surface area contributed by atoms with Crippen molar-refractivity contribution in [1.82, 2.24) is 4.90 Å². The van der Waals surface area contributed by atoms with Crippen LogP contribution in [0.1, 0.15) is 28.2 Å². The van der Waals surface area contributed by atoms with Gasteiger partial charge in [0.1, 0.15) is 12.0 Å². The molecule has 2 aromatic rings. The van der Waals surface area contributed by atoms with Gasteiger partial charge in [-0.1, -0.05) is 10.9 Å². The summed E-state index contributed by atoms with van der Waals surface area (Å²) >= 11 is 0. The van der Waals surface area contributed by atoms with Gasteiger partial charge in [-0.3, -0.25) is 0 Å². The molecule has 31 heavy (non-hydrogen) atoms. The first-order valence-corrected chi connectivity index (χ1v) is 9.96. The van der Waals surface area contributed by atoms with E-state index in [9.17, 15) is 4.79 Å². The average Bonchev–Trinajstić information content (AvgIpc) is 3.40. The molecule has 6 rings (SSSR count). The average molecular weight is 422 g/mol. The van der Waals surface area contributed by atoms with Crippen LogP contribution in [0.5, 0.6) is 23.0 Å². The van der Waals surface area contributed by atoms with Crippen LogP contribution in [0.15, 0.2) is 24.3 Å². The molecule has 0 saturated carbocycles. The minimum absolute atomic E-state index is 0.151. The lowest BCUT2D eigenvalue weighted by atomic mass is 9.66. The largest absolute Gasteiger partial charge is 0.454 e. The standard InChI is InChI=1S/C22H19N3O6/c1-24-22-14-7-17-16(28-9-29-17)5-11(14)6-18(31-21(23)26)19(22)12-3-4-15-20(30-10-27-15)13(12)8-25(22)2/h1,3-5,7,18-19H,6,8-10H2,2H3,(H-,23,26)/p+1/t18-,19-,22+/m0/s1. The van der Waals surface area contributed by atoms with Gasteiger partial charge in [-0.15, -0.1) is 0 Å². The van der Waals surface area contributed by atoms with Gasteiger partial charge in [0.2, 0.25) is 13.6 Å². The third kappa shape index (κ3) is 2.31. The number of likely N-dealkylation sites (N-methyl/N-ethyl adjacent to an activating group) is 1. The Hall–Kier alpha value is -3.64. The van der Waals surface area contributed by atoms with Gasteiger partial charge in [0.25, 0.3) is 6.57 Å². The molecule has 3 heterocycles. The van der Waals surface area contributed by atoms with E-state index in [1.165, 1.54) is 0 Å². The van der Waals surface area contributed by atoms with Crippen LogP contribution in [-0.4, -0.2) is 37.7 Å². The molecular formula is C22H20N3O6+. The molecule has 0 spiro atoms. The Bertz CT molecular complexity index is 1170. The normalized spacial score (nSPS) is 27.0. The van der Waals surface area contributed by atoms with Crippen molar-refractivity contribution in [3.8, 4) is 29.6 Å². The van der Waals surface area contributed by atoms with E-state index in [2.05, 4.69) is 4.85 Å². The lowest BCUT2D eigenvalue weighted by Gasteiger charge is -2.46. The summed E-state index contributed by atoms with van der Waals surface area (Å²) in [7, 11) is 1.93. The van der Waals surface area contributed by atoms with Gasteiger partial charge in [0.05, 0.1) is 5.56 Å². The molecule has 9 heteroatoms. The van der Waals surface area contributed by atoms with Crippen molar-refractivity contribution in [3.05, 3.63) is 51.4 Å². The Morgan fingerprint density at radius 3 is 2.71 bits per heavy atom. The Balaban J connectivity index is 1.62. The zero-order valence-corrected chi connectivity index (χ0v) is 16.8. The Morgan fingerprint density at radius 1 is 1.19 bits per heavy atom. The van der Waals surface area contributed by atoms with Crippen LogP contribution in [0, 0.1) is 6.57 Å². The van der Waals surface area contributed by atoms with E-state index < -0.39 is 23.8 Å². The van der Waals surface area contributed by atoms with Crippen LogP contribution >= 0.6 is 0 Å². The molecule has 0 saturated heterocycles. The van der Waals surface area contributed by atoms with Gasteiger partial charge in [-0.25, -0.2) is 9.69 Å². The molecule has 158 valence electrons. The third-order valence-electron chi connectivity index (χ3n) is 6.68. The monoisotopic (exact) mass is 422 g/mol. The lowest BCUT2D eigenvalue weighted by molar-refractivity contribution is 0.00478. The van der Waals surface area contributed by atoms with Crippen LogP contribution in [0.2, 0.25) is 0 Å². The summed E-state index contributed by atoms with van der Waals surface area (Å²) in [5, 5.41) is 0. The highest BCUT2D eigenvalue weighted by atomic mass is 16.7. The third-order valence-corrected chi connectivity index (χ3v) is 6.68. The van der Waals surface area contributed by atoms with E-state index in [1.54, 1.807) is 0 Å². The van der Waals surface area contributed by atoms with Crippen molar-refractivity contribution < 1.29 is 28.5 Å². The molecule has 1 aliphatic carbocycles. The van der Waals surface area contributed by atoms with E-state index >= 15 is 0 Å². The van der Waals surface area contributed by atoms with Crippen molar-refractivity contribution in [2.75, 3.05) is 20.6 Å². The molecule has 2 N–H and O–H groups in total. The molecule has 0 bridgehead atoms. The number of rotatable bonds is 1. The number of hydrogen-bond donors (Lipinski definition) is 1. The summed E-state index contributed by atoms with van der Waals surface area (Å²) in [6, 6.07) is 7.66. The highest BCUT2D eigenvalue weighted by Gasteiger charge is 2.65. The smallest absolute Gasteiger partial charge is 0.404 e. The molecule has 3 atom stereocenters. The number of amides is 1. The van der Waals surface area contributed by atoms with Crippen LogP contribution in [0.25, 0.3) is 4.85 Å². The van der Waals surface area contributed by atoms with Gasteiger partial charge in [-0.05, 0) is 36.4 Å². The number of carbonyl (C=O) groups is 1. The summed E-state index contributed by atoms with van der Waals surface area (Å²) < 4.78 is 28.1. The van der Waals surface area contributed by atoms with Gasteiger partial charge in [-0.2, -0.15) is 0 Å². The van der Waals surface area contributed by atoms with E-state index in [1.807, 2.05) is 36.2 Å². The molecule has 0 fully saturated rings. The first-order valence-electron chi connectivity index (χ1n) is 9.96. The number of ether oxygens (including phenoxy) is 5. The van der Waals surface area contributed by atoms with Gasteiger partial charge >= 0.3 is 11.8 Å². The number of fused-ring (bicyclic) bond motifs is 8. The Kier molecular flexibility index (Phi) is 3.62. The fourth-order valence-electron chi connectivity index (χ4n) is 5.48. The number of nitrogens with zero attached hydrogens (tertiary/aromatic N) is 2. The molecule has 3 aliphatic heterocycles. The Labute approximate surface area is 178 Å². The summed E-state index contributed by atoms with van der Waals surface area (Å²) in [5.41, 5.74) is 8.15. The van der Waals surface area contributed by atoms with Crippen LogP contribution in [-0.2, 0) is 23.4 Å². The number of benzene rings is 2. The first kappa shape index (κ1) is 18.2. The van der Waals surface area contributed by atoms with E-state index in [4.69, 9.17) is 36.0 Å². The van der Waals surface area contributed by atoms with E-state index in [0.29, 0.717) is 36.0 Å². The van der Waals surface area contributed by atoms with E-state index in [-0.39, 0.29) is 13.6 Å². The second kappa shape index (κ2) is 6.18. The molecule has 9 nitrogen and oxygen atoms in total. The van der Waals surface area contributed by atoms with Crippen molar-refractivity contribution in [3.63, 3.8) is 0 Å². The highest BCUT2D eigenvalue weighted by Crippen LogP contribution is 2.58. The van der Waals surface area contributed by atoms with Gasteiger partial charge in [0, 0.05) is 18.5 Å². The maximum atomic E-state index is 11.8. The number of carbonyl (C=O) groups excluding carboxylic acids is 1. The first-order chi connectivity index (χ1) is 15.0. The van der Waals surface area contributed by atoms with Crippen molar-refractivity contribution in [1.29, 1.82) is 0 Å². The molecule has 0 radical (unpaired) electrons. The fraction of sp³-hybridized carbons (Fsp3) is 0.364. The van der Waals surface area contributed by atoms with Crippen molar-refractivity contribution in [2.45, 2.75) is 30.7 Å². The van der Waals surface area contributed by atoms with Crippen molar-refractivity contribution >= 4 is 6.09 Å². The van der Waals surface area contributed by atoms with Crippen LogP contribution < -0.4 is 24.7 Å². The zero-order chi connectivity index (χ0) is 21.3. The van der Waals surface area contributed by atoms with Gasteiger partial charge < -0.3 is 29.4 Å². The second-order valence-corrected chi connectivity index (χ2v) is 8.10. The lowest BCUT2D eigenvalue weighted by Crippen LogP contribution is -2.56. The number of hydrogen-bond acceptors (Lipinski definition) is 7. The molecular weight excluding hydrogens is 402 g/mol. The second-order valence-electron chi connectivity index (χ2n) is 8.10. The quantitative estimate of drug-likeness (QED) is 0.754. The highest BCUT2D eigenvalue weighted by molar-refractivity contribution is 5.66. The predicted molar refractivity (Wildman–Crippen MR) is 107 cm³/mol. The summed E-state index contributed by atoms with van der Waals surface area (Å²) in [6.45, 7) is 6.97. The van der Waals surface area contributed by atoms with Crippen molar-refractivity contribution in [2.24, 2.45) is 5.73 Å². The number of nitrogens with two attached hydrogens (primary N) is 1. The maximum Gasteiger partial charge on any atom is 0.404 e.